The minimum absolute atomic E-state index is 0.0681. The molecular formula is C18H24N4O4. The van der Waals surface area contributed by atoms with Gasteiger partial charge in [0.25, 0.3) is 0 Å². The molecule has 1 aromatic carbocycles. The van der Waals surface area contributed by atoms with Crippen molar-refractivity contribution in [3.05, 3.63) is 40.6 Å². The lowest BCUT2D eigenvalue weighted by atomic mass is 10.2. The van der Waals surface area contributed by atoms with E-state index in [-0.39, 0.29) is 18.1 Å². The highest BCUT2D eigenvalue weighted by Gasteiger charge is 2.17. The van der Waals surface area contributed by atoms with Crippen molar-refractivity contribution in [1.82, 2.24) is 19.7 Å². The Morgan fingerprint density at radius 3 is 2.73 bits per heavy atom. The van der Waals surface area contributed by atoms with Gasteiger partial charge in [-0.3, -0.25) is 9.36 Å². The molecule has 0 saturated heterocycles. The van der Waals surface area contributed by atoms with Gasteiger partial charge in [-0.25, -0.2) is 9.48 Å². The maximum absolute atomic E-state index is 12.3. The van der Waals surface area contributed by atoms with Gasteiger partial charge in [-0.1, -0.05) is 6.42 Å². The Kier molecular flexibility index (Phi) is 5.93. The van der Waals surface area contributed by atoms with E-state index >= 15 is 0 Å². The first-order valence-corrected chi connectivity index (χ1v) is 8.87. The predicted octanol–water partition coefficient (Wildman–Crippen LogP) is 0.975. The van der Waals surface area contributed by atoms with Crippen molar-refractivity contribution < 1.29 is 14.3 Å². The van der Waals surface area contributed by atoms with Crippen LogP contribution in [0.2, 0.25) is 0 Å². The maximum Gasteiger partial charge on any atom is 0.346 e. The van der Waals surface area contributed by atoms with Gasteiger partial charge in [-0.05, 0) is 37.1 Å². The molecule has 0 aliphatic carbocycles. The van der Waals surface area contributed by atoms with Gasteiger partial charge in [0.2, 0.25) is 5.91 Å². The lowest BCUT2D eigenvalue weighted by Crippen LogP contribution is -2.35. The zero-order valence-electron chi connectivity index (χ0n) is 14.9. The number of rotatable bonds is 7. The van der Waals surface area contributed by atoms with Crippen molar-refractivity contribution in [2.45, 2.75) is 38.8 Å². The molecule has 2 heterocycles. The maximum atomic E-state index is 12.3. The molecule has 0 radical (unpaired) electrons. The summed E-state index contributed by atoms with van der Waals surface area (Å²) < 4.78 is 13.6. The van der Waals surface area contributed by atoms with Gasteiger partial charge in [-0.15, -0.1) is 0 Å². The van der Waals surface area contributed by atoms with E-state index in [9.17, 15) is 9.59 Å². The molecule has 0 saturated carbocycles. The second-order valence-corrected chi connectivity index (χ2v) is 6.19. The average molecular weight is 360 g/mol. The van der Waals surface area contributed by atoms with Crippen molar-refractivity contribution in [2.75, 3.05) is 20.3 Å². The standard InChI is InChI=1S/C18H24N4O4/c1-25-14-6-8-15(9-7-14)26-12-10-19-17(23)13-22-18(24)21-11-4-2-3-5-16(21)20-22/h6-9H,2-5,10-13H2,1H3,(H,19,23). The van der Waals surface area contributed by atoms with E-state index in [2.05, 4.69) is 10.4 Å². The fourth-order valence-corrected chi connectivity index (χ4v) is 2.95. The van der Waals surface area contributed by atoms with Gasteiger partial charge in [0.15, 0.2) is 0 Å². The first-order valence-electron chi connectivity index (χ1n) is 8.87. The van der Waals surface area contributed by atoms with Crippen LogP contribution in [0.3, 0.4) is 0 Å². The highest BCUT2D eigenvalue weighted by Crippen LogP contribution is 2.16. The zero-order valence-corrected chi connectivity index (χ0v) is 14.9. The molecule has 2 aromatic rings. The second-order valence-electron chi connectivity index (χ2n) is 6.19. The van der Waals surface area contributed by atoms with Crippen LogP contribution in [0.25, 0.3) is 0 Å². The second kappa shape index (κ2) is 8.55. The summed E-state index contributed by atoms with van der Waals surface area (Å²) in [7, 11) is 1.61. The quantitative estimate of drug-likeness (QED) is 0.744. The van der Waals surface area contributed by atoms with Crippen molar-refractivity contribution in [1.29, 1.82) is 0 Å². The van der Waals surface area contributed by atoms with Gasteiger partial charge >= 0.3 is 5.69 Å². The van der Waals surface area contributed by atoms with E-state index in [0.29, 0.717) is 25.4 Å². The number of hydrogen-bond donors (Lipinski definition) is 1. The Hall–Kier alpha value is -2.77. The number of nitrogens with zero attached hydrogens (tertiary/aromatic N) is 3. The number of methoxy groups -OCH3 is 1. The average Bonchev–Trinajstić information content (AvgIpc) is 2.82. The van der Waals surface area contributed by atoms with Gasteiger partial charge in [0, 0.05) is 13.0 Å². The lowest BCUT2D eigenvalue weighted by Gasteiger charge is -2.08. The van der Waals surface area contributed by atoms with E-state index in [1.165, 1.54) is 4.68 Å². The van der Waals surface area contributed by atoms with Crippen molar-refractivity contribution in [2.24, 2.45) is 0 Å². The van der Waals surface area contributed by atoms with Crippen LogP contribution in [0.5, 0.6) is 11.5 Å². The molecule has 8 nitrogen and oxygen atoms in total. The van der Waals surface area contributed by atoms with Crippen molar-refractivity contribution >= 4 is 5.91 Å². The molecule has 0 spiro atoms. The molecule has 8 heteroatoms. The summed E-state index contributed by atoms with van der Waals surface area (Å²) in [5.74, 6) is 1.99. The lowest BCUT2D eigenvalue weighted by molar-refractivity contribution is -0.122. The minimum atomic E-state index is -0.251. The number of carbonyl (C=O) groups excluding carboxylic acids is 1. The number of nitrogens with one attached hydrogen (secondary N) is 1. The fourth-order valence-electron chi connectivity index (χ4n) is 2.95. The molecule has 0 fully saturated rings. The third kappa shape index (κ3) is 4.44. The molecule has 26 heavy (non-hydrogen) atoms. The van der Waals surface area contributed by atoms with Crippen LogP contribution >= 0.6 is 0 Å². The monoisotopic (exact) mass is 360 g/mol. The topological polar surface area (TPSA) is 87.4 Å². The molecule has 1 aromatic heterocycles. The SMILES string of the molecule is COc1ccc(OCCNC(=O)Cn2nc3n(c2=O)CCCCC3)cc1. The number of benzene rings is 1. The fraction of sp³-hybridized carbons (Fsp3) is 0.500. The zero-order chi connectivity index (χ0) is 18.4. The number of hydrogen-bond acceptors (Lipinski definition) is 5. The van der Waals surface area contributed by atoms with Crippen LogP contribution in [-0.2, 0) is 24.3 Å². The molecule has 1 amide bonds. The smallest absolute Gasteiger partial charge is 0.346 e. The number of amides is 1. The largest absolute Gasteiger partial charge is 0.497 e. The molecule has 0 atom stereocenters. The van der Waals surface area contributed by atoms with Gasteiger partial charge in [0.1, 0.15) is 30.5 Å². The molecule has 3 rings (SSSR count). The molecule has 0 bridgehead atoms. The summed E-state index contributed by atoms with van der Waals surface area (Å²) in [6.07, 6.45) is 3.91. The first-order chi connectivity index (χ1) is 12.7. The molecule has 140 valence electrons. The van der Waals surface area contributed by atoms with Gasteiger partial charge < -0.3 is 14.8 Å². The third-order valence-corrected chi connectivity index (χ3v) is 4.33. The van der Waals surface area contributed by atoms with E-state index in [1.54, 1.807) is 23.8 Å². The molecular weight excluding hydrogens is 336 g/mol. The number of aryl methyl sites for hydroxylation is 1. The summed E-state index contributed by atoms with van der Waals surface area (Å²) in [5.41, 5.74) is -0.202. The van der Waals surface area contributed by atoms with Crippen LogP contribution in [0, 0.1) is 0 Å². The Bertz CT molecular complexity index is 795. The summed E-state index contributed by atoms with van der Waals surface area (Å²) in [5, 5.41) is 7.05. The van der Waals surface area contributed by atoms with Crippen LogP contribution in [0.15, 0.2) is 29.1 Å². The van der Waals surface area contributed by atoms with Crippen LogP contribution in [0.1, 0.15) is 25.1 Å². The Morgan fingerprint density at radius 1 is 1.19 bits per heavy atom. The van der Waals surface area contributed by atoms with E-state index in [1.807, 2.05) is 12.1 Å². The Balaban J connectivity index is 1.45. The summed E-state index contributed by atoms with van der Waals surface area (Å²) >= 11 is 0. The summed E-state index contributed by atoms with van der Waals surface area (Å²) in [4.78, 5) is 24.4. The normalized spacial score (nSPS) is 13.6. The molecule has 1 aliphatic rings. The van der Waals surface area contributed by atoms with E-state index < -0.39 is 0 Å². The third-order valence-electron chi connectivity index (χ3n) is 4.33. The Labute approximate surface area is 151 Å². The predicted molar refractivity (Wildman–Crippen MR) is 95.5 cm³/mol. The molecule has 1 aliphatic heterocycles. The first kappa shape index (κ1) is 18.0. The van der Waals surface area contributed by atoms with E-state index in [4.69, 9.17) is 9.47 Å². The van der Waals surface area contributed by atoms with E-state index in [0.717, 1.165) is 37.3 Å². The van der Waals surface area contributed by atoms with Gasteiger partial charge in [-0.2, -0.15) is 5.10 Å². The number of carbonyl (C=O) groups is 1. The van der Waals surface area contributed by atoms with Crippen LogP contribution in [-0.4, -0.2) is 40.5 Å². The highest BCUT2D eigenvalue weighted by atomic mass is 16.5. The van der Waals surface area contributed by atoms with Crippen molar-refractivity contribution in [3.8, 4) is 11.5 Å². The van der Waals surface area contributed by atoms with Crippen LogP contribution < -0.4 is 20.5 Å². The summed E-state index contributed by atoms with van der Waals surface area (Å²) in [6, 6.07) is 7.23. The van der Waals surface area contributed by atoms with Crippen LogP contribution in [0.4, 0.5) is 0 Å². The van der Waals surface area contributed by atoms with Gasteiger partial charge in [0.05, 0.1) is 13.7 Å². The number of aromatic nitrogens is 3. The minimum Gasteiger partial charge on any atom is -0.497 e. The highest BCUT2D eigenvalue weighted by molar-refractivity contribution is 5.75. The number of fused-ring (bicyclic) bond motifs is 1. The molecule has 1 N–H and O–H groups in total. The molecule has 0 unspecified atom stereocenters. The number of ether oxygens (including phenoxy) is 2. The summed E-state index contributed by atoms with van der Waals surface area (Å²) in [6.45, 7) is 1.31. The Morgan fingerprint density at radius 2 is 1.96 bits per heavy atom. The van der Waals surface area contributed by atoms with Crippen molar-refractivity contribution in [3.63, 3.8) is 0 Å².